The number of amides is 1. The molecule has 0 aliphatic heterocycles. The van der Waals surface area contributed by atoms with Crippen molar-refractivity contribution in [3.05, 3.63) is 110 Å². The third kappa shape index (κ3) is 5.47. The summed E-state index contributed by atoms with van der Waals surface area (Å²) in [5, 5.41) is 12.9. The Kier molecular flexibility index (Phi) is 7.86. The predicted octanol–water partition coefficient (Wildman–Crippen LogP) is 3.30. The number of hydrogen-bond acceptors (Lipinski definition) is 6. The summed E-state index contributed by atoms with van der Waals surface area (Å²) in [4.78, 5) is 26.8. The van der Waals surface area contributed by atoms with E-state index in [4.69, 9.17) is 9.47 Å². The van der Waals surface area contributed by atoms with Crippen molar-refractivity contribution in [3.8, 4) is 23.3 Å². The van der Waals surface area contributed by atoms with Crippen molar-refractivity contribution in [1.82, 2.24) is 9.88 Å². The highest BCUT2D eigenvalue weighted by molar-refractivity contribution is 7.07. The van der Waals surface area contributed by atoms with E-state index in [-0.39, 0.29) is 21.8 Å². The number of nitrogens with zero attached hydrogens (tertiary/aromatic N) is 2. The predicted molar refractivity (Wildman–Crippen MR) is 144 cm³/mol. The van der Waals surface area contributed by atoms with E-state index in [0.29, 0.717) is 27.3 Å². The zero-order chi connectivity index (χ0) is 26.4. The minimum Gasteiger partial charge on any atom is -0.493 e. The number of carbonyl (C=O) groups is 1. The first-order chi connectivity index (χ1) is 18.0. The Labute approximate surface area is 218 Å². The summed E-state index contributed by atoms with van der Waals surface area (Å²) in [5.74, 6) is 0.537. The zero-order valence-electron chi connectivity index (χ0n) is 20.6. The van der Waals surface area contributed by atoms with Crippen LogP contribution in [-0.2, 0) is 4.79 Å². The van der Waals surface area contributed by atoms with Gasteiger partial charge in [0.25, 0.3) is 11.5 Å². The molecule has 1 heterocycles. The molecule has 37 heavy (non-hydrogen) atoms. The van der Waals surface area contributed by atoms with Crippen LogP contribution in [0.2, 0.25) is 0 Å². The molecule has 0 fully saturated rings. The van der Waals surface area contributed by atoms with Gasteiger partial charge in [-0.2, -0.15) is 5.26 Å². The molecule has 0 unspecified atom stereocenters. The molecular formula is C29H25N3O4S. The summed E-state index contributed by atoms with van der Waals surface area (Å²) < 4.78 is 12.7. The van der Waals surface area contributed by atoms with E-state index in [1.807, 2.05) is 49.4 Å². The SMILES string of the molecule is COc1ccc(/C=c2/s/c(=C(/C#N)C(=O)N[C@H](C)c3ccccc3)n(-c3ccccc3)c2=O)cc1OC. The maximum atomic E-state index is 13.6. The molecule has 8 heteroatoms. The van der Waals surface area contributed by atoms with Crippen LogP contribution in [0, 0.1) is 11.3 Å². The van der Waals surface area contributed by atoms with Crippen molar-refractivity contribution in [2.24, 2.45) is 0 Å². The van der Waals surface area contributed by atoms with Crippen molar-refractivity contribution in [2.75, 3.05) is 14.2 Å². The lowest BCUT2D eigenvalue weighted by Gasteiger charge is -2.13. The van der Waals surface area contributed by atoms with Crippen LogP contribution in [0.1, 0.15) is 24.1 Å². The number of methoxy groups -OCH3 is 2. The Morgan fingerprint density at radius 2 is 1.65 bits per heavy atom. The fourth-order valence-corrected chi connectivity index (χ4v) is 4.95. The van der Waals surface area contributed by atoms with E-state index < -0.39 is 5.91 Å². The monoisotopic (exact) mass is 511 g/mol. The number of para-hydroxylation sites is 1. The van der Waals surface area contributed by atoms with Crippen LogP contribution in [0.15, 0.2) is 83.7 Å². The quantitative estimate of drug-likeness (QED) is 0.411. The molecule has 186 valence electrons. The van der Waals surface area contributed by atoms with Crippen LogP contribution in [0.5, 0.6) is 11.5 Å². The van der Waals surface area contributed by atoms with Gasteiger partial charge in [-0.25, -0.2) is 0 Å². The van der Waals surface area contributed by atoms with Crippen molar-refractivity contribution in [3.63, 3.8) is 0 Å². The number of rotatable bonds is 7. The average molecular weight is 512 g/mol. The number of aromatic nitrogens is 1. The fourth-order valence-electron chi connectivity index (χ4n) is 3.85. The highest BCUT2D eigenvalue weighted by atomic mass is 32.1. The van der Waals surface area contributed by atoms with Crippen LogP contribution in [0.25, 0.3) is 17.3 Å². The molecule has 0 saturated carbocycles. The summed E-state index contributed by atoms with van der Waals surface area (Å²) in [6.07, 6.45) is 1.71. The summed E-state index contributed by atoms with van der Waals surface area (Å²) in [5.41, 5.74) is 1.70. The van der Waals surface area contributed by atoms with Gasteiger partial charge in [0, 0.05) is 0 Å². The summed E-state index contributed by atoms with van der Waals surface area (Å²) in [6.45, 7) is 1.84. The largest absolute Gasteiger partial charge is 0.493 e. The summed E-state index contributed by atoms with van der Waals surface area (Å²) >= 11 is 1.09. The maximum Gasteiger partial charge on any atom is 0.273 e. The molecule has 0 radical (unpaired) electrons. The van der Waals surface area contributed by atoms with Crippen LogP contribution < -0.4 is 29.5 Å². The molecule has 1 atom stereocenters. The number of thiazole rings is 1. The van der Waals surface area contributed by atoms with E-state index in [1.54, 1.807) is 55.7 Å². The van der Waals surface area contributed by atoms with Gasteiger partial charge < -0.3 is 14.8 Å². The third-order valence-electron chi connectivity index (χ3n) is 5.74. The van der Waals surface area contributed by atoms with Crippen molar-refractivity contribution in [1.29, 1.82) is 5.26 Å². The van der Waals surface area contributed by atoms with Gasteiger partial charge in [-0.05, 0) is 48.4 Å². The third-order valence-corrected chi connectivity index (χ3v) is 6.84. The molecule has 1 N–H and O–H groups in total. The molecule has 0 saturated heterocycles. The van der Waals surface area contributed by atoms with Crippen molar-refractivity contribution >= 4 is 28.9 Å². The topological polar surface area (TPSA) is 93.4 Å². The molecule has 0 aliphatic rings. The average Bonchev–Trinajstić information content (AvgIpc) is 3.24. The second kappa shape index (κ2) is 11.4. The van der Waals surface area contributed by atoms with Gasteiger partial charge >= 0.3 is 0 Å². The second-order valence-electron chi connectivity index (χ2n) is 8.10. The van der Waals surface area contributed by atoms with Crippen LogP contribution in [0.3, 0.4) is 0 Å². The second-order valence-corrected chi connectivity index (χ2v) is 9.13. The summed E-state index contributed by atoms with van der Waals surface area (Å²) in [7, 11) is 3.09. The van der Waals surface area contributed by atoms with E-state index in [1.165, 1.54) is 11.7 Å². The van der Waals surface area contributed by atoms with Gasteiger partial charge in [0.15, 0.2) is 17.1 Å². The number of benzene rings is 3. The molecule has 0 spiro atoms. The van der Waals surface area contributed by atoms with Crippen LogP contribution >= 0.6 is 11.3 Å². The van der Waals surface area contributed by atoms with Gasteiger partial charge in [-0.3, -0.25) is 14.2 Å². The van der Waals surface area contributed by atoms with Gasteiger partial charge in [0.05, 0.1) is 30.5 Å². The molecule has 4 rings (SSSR count). The molecule has 0 bridgehead atoms. The Bertz CT molecular complexity index is 1630. The molecule has 3 aromatic carbocycles. The van der Waals surface area contributed by atoms with Crippen molar-refractivity contribution < 1.29 is 14.3 Å². The fraction of sp³-hybridized carbons (Fsp3) is 0.138. The number of carbonyl (C=O) groups excluding carboxylic acids is 1. The minimum absolute atomic E-state index is 0.138. The number of hydrogen-bond donors (Lipinski definition) is 1. The number of nitrogens with one attached hydrogen (secondary N) is 1. The first-order valence-corrected chi connectivity index (χ1v) is 12.3. The maximum absolute atomic E-state index is 13.6. The normalized spacial score (nSPS) is 12.9. The lowest BCUT2D eigenvalue weighted by Crippen LogP contribution is -2.34. The standard InChI is InChI=1S/C29H25N3O4S/c1-19(21-10-6-4-7-11-21)31-27(33)23(18-30)29-32(22-12-8-5-9-13-22)28(34)26(37-29)17-20-14-15-24(35-2)25(16-20)36-3/h4-17,19H,1-3H3,(H,31,33)/b26-17+,29-23-/t19-/m1/s1. The highest BCUT2D eigenvalue weighted by Crippen LogP contribution is 2.27. The molecular weight excluding hydrogens is 486 g/mol. The Morgan fingerprint density at radius 1 is 1.00 bits per heavy atom. The molecule has 4 aromatic rings. The smallest absolute Gasteiger partial charge is 0.273 e. The Hall–Kier alpha value is -4.61. The van der Waals surface area contributed by atoms with E-state index >= 15 is 0 Å². The molecule has 7 nitrogen and oxygen atoms in total. The number of nitriles is 1. The lowest BCUT2D eigenvalue weighted by molar-refractivity contribution is -0.116. The van der Waals surface area contributed by atoms with Gasteiger partial charge in [0.1, 0.15) is 10.7 Å². The Balaban J connectivity index is 1.90. The minimum atomic E-state index is -0.553. The van der Waals surface area contributed by atoms with Gasteiger partial charge in [0.2, 0.25) is 0 Å². The Morgan fingerprint density at radius 3 is 2.27 bits per heavy atom. The highest BCUT2D eigenvalue weighted by Gasteiger charge is 2.19. The lowest BCUT2D eigenvalue weighted by atomic mass is 10.1. The summed E-state index contributed by atoms with van der Waals surface area (Å²) in [6, 6.07) is 25.4. The van der Waals surface area contributed by atoms with E-state index in [0.717, 1.165) is 16.9 Å². The number of ether oxygens (including phenoxy) is 2. The van der Waals surface area contributed by atoms with Gasteiger partial charge in [-0.1, -0.05) is 54.6 Å². The van der Waals surface area contributed by atoms with Crippen LogP contribution in [0.4, 0.5) is 0 Å². The zero-order valence-corrected chi connectivity index (χ0v) is 21.4. The first-order valence-electron chi connectivity index (χ1n) is 11.5. The van der Waals surface area contributed by atoms with E-state index in [9.17, 15) is 14.9 Å². The van der Waals surface area contributed by atoms with Crippen LogP contribution in [-0.4, -0.2) is 24.7 Å². The molecule has 1 amide bonds. The van der Waals surface area contributed by atoms with E-state index in [2.05, 4.69) is 5.32 Å². The molecule has 1 aromatic heterocycles. The molecule has 0 aliphatic carbocycles. The van der Waals surface area contributed by atoms with Crippen molar-refractivity contribution in [2.45, 2.75) is 13.0 Å². The first kappa shape index (κ1) is 25.5. The van der Waals surface area contributed by atoms with Gasteiger partial charge in [-0.15, -0.1) is 11.3 Å².